The standard InChI is InChI=1S/C32H26N4O4S/c1-39-24-15-17-26(18-16-24)40-25-13-11-23(12-14-25)36-30(29(34-32(36)41)27-5-2-3-19-33-27)28-6-4-20-35(28)22-9-7-21(8-10-22)31(37)38/h2-20,29-30H,1H3,(H,34,41)(H,37,38). The highest BCUT2D eigenvalue weighted by molar-refractivity contribution is 7.80. The number of hydrogen-bond acceptors (Lipinski definition) is 5. The molecule has 0 spiro atoms. The van der Waals surface area contributed by atoms with Gasteiger partial charge in [-0.05, 0) is 109 Å². The Labute approximate surface area is 242 Å². The molecule has 3 heterocycles. The summed E-state index contributed by atoms with van der Waals surface area (Å²) in [5.74, 6) is 1.20. The molecule has 2 N–H and O–H groups in total. The van der Waals surface area contributed by atoms with Crippen molar-refractivity contribution in [2.75, 3.05) is 12.0 Å². The van der Waals surface area contributed by atoms with Gasteiger partial charge in [-0.15, -0.1) is 0 Å². The van der Waals surface area contributed by atoms with Gasteiger partial charge in [-0.2, -0.15) is 0 Å². The van der Waals surface area contributed by atoms with Crippen LogP contribution in [-0.2, 0) is 0 Å². The second kappa shape index (κ2) is 11.1. The van der Waals surface area contributed by atoms with E-state index in [1.54, 1.807) is 37.6 Å². The fraction of sp³-hybridized carbons (Fsp3) is 0.0938. The van der Waals surface area contributed by atoms with Crippen LogP contribution in [-0.4, -0.2) is 32.8 Å². The van der Waals surface area contributed by atoms with Crippen molar-refractivity contribution in [2.24, 2.45) is 0 Å². The zero-order valence-corrected chi connectivity index (χ0v) is 22.9. The lowest BCUT2D eigenvalue weighted by molar-refractivity contribution is 0.0697. The van der Waals surface area contributed by atoms with Crippen LogP contribution in [0.3, 0.4) is 0 Å². The van der Waals surface area contributed by atoms with E-state index in [0.29, 0.717) is 16.6 Å². The quantitative estimate of drug-likeness (QED) is 0.206. The lowest BCUT2D eigenvalue weighted by Gasteiger charge is -2.29. The SMILES string of the molecule is COc1ccc(Oc2ccc(N3C(=S)NC(c4ccccn4)C3c3cccn3-c3ccc(C(=O)O)cc3)cc2)cc1. The third-order valence-corrected chi connectivity index (χ3v) is 7.30. The normalized spacial score (nSPS) is 16.3. The van der Waals surface area contributed by atoms with Crippen molar-refractivity contribution >= 4 is 29.0 Å². The molecular weight excluding hydrogens is 536 g/mol. The smallest absolute Gasteiger partial charge is 0.335 e. The Morgan fingerprint density at radius 1 is 0.854 bits per heavy atom. The fourth-order valence-corrected chi connectivity index (χ4v) is 5.37. The zero-order valence-electron chi connectivity index (χ0n) is 22.0. The van der Waals surface area contributed by atoms with Gasteiger partial charge in [-0.1, -0.05) is 6.07 Å². The maximum absolute atomic E-state index is 11.4. The molecule has 204 valence electrons. The molecule has 8 nitrogen and oxygen atoms in total. The van der Waals surface area contributed by atoms with Crippen molar-refractivity contribution < 1.29 is 19.4 Å². The number of methoxy groups -OCH3 is 1. The van der Waals surface area contributed by atoms with Crippen LogP contribution in [0.5, 0.6) is 17.2 Å². The molecule has 3 aromatic carbocycles. The Morgan fingerprint density at radius 2 is 1.51 bits per heavy atom. The summed E-state index contributed by atoms with van der Waals surface area (Å²) in [6, 6.07) is 31.4. The van der Waals surface area contributed by atoms with E-state index in [-0.39, 0.29) is 17.6 Å². The number of pyridine rings is 1. The van der Waals surface area contributed by atoms with Crippen LogP contribution in [0, 0.1) is 0 Å². The van der Waals surface area contributed by atoms with Gasteiger partial charge in [0.05, 0.1) is 24.4 Å². The molecule has 6 rings (SSSR count). The van der Waals surface area contributed by atoms with Gasteiger partial charge < -0.3 is 29.4 Å². The van der Waals surface area contributed by atoms with Gasteiger partial charge in [0.15, 0.2) is 5.11 Å². The first-order valence-corrected chi connectivity index (χ1v) is 13.4. The Kier molecular flexibility index (Phi) is 7.09. The first kappa shape index (κ1) is 26.1. The van der Waals surface area contributed by atoms with E-state index in [1.807, 2.05) is 79.0 Å². The molecule has 0 saturated carbocycles. The van der Waals surface area contributed by atoms with Crippen LogP contribution in [0.2, 0.25) is 0 Å². The first-order chi connectivity index (χ1) is 20.0. The Balaban J connectivity index is 1.36. The second-order valence-electron chi connectivity index (χ2n) is 9.42. The summed E-state index contributed by atoms with van der Waals surface area (Å²) in [5, 5.41) is 13.4. The molecule has 0 radical (unpaired) electrons. The van der Waals surface area contributed by atoms with Crippen LogP contribution in [0.25, 0.3) is 5.69 Å². The maximum atomic E-state index is 11.4. The molecule has 0 bridgehead atoms. The minimum Gasteiger partial charge on any atom is -0.497 e. The number of benzene rings is 3. The molecule has 41 heavy (non-hydrogen) atoms. The van der Waals surface area contributed by atoms with Gasteiger partial charge in [-0.3, -0.25) is 4.98 Å². The van der Waals surface area contributed by atoms with E-state index < -0.39 is 5.97 Å². The van der Waals surface area contributed by atoms with Gasteiger partial charge in [0.1, 0.15) is 23.3 Å². The van der Waals surface area contributed by atoms with E-state index in [9.17, 15) is 9.90 Å². The van der Waals surface area contributed by atoms with Crippen LogP contribution < -0.4 is 19.7 Å². The largest absolute Gasteiger partial charge is 0.497 e. The lowest BCUT2D eigenvalue weighted by atomic mass is 10.0. The van der Waals surface area contributed by atoms with E-state index >= 15 is 0 Å². The van der Waals surface area contributed by atoms with Crippen molar-refractivity contribution in [3.63, 3.8) is 0 Å². The van der Waals surface area contributed by atoms with Gasteiger partial charge in [0, 0.05) is 29.5 Å². The number of carboxylic acid groups (broad SMARTS) is 1. The maximum Gasteiger partial charge on any atom is 0.335 e. The molecule has 2 unspecified atom stereocenters. The second-order valence-corrected chi connectivity index (χ2v) is 9.81. The molecule has 2 aromatic heterocycles. The molecule has 2 atom stereocenters. The number of rotatable bonds is 8. The fourth-order valence-electron chi connectivity index (χ4n) is 5.02. The average molecular weight is 563 g/mol. The van der Waals surface area contributed by atoms with Crippen LogP contribution in [0.4, 0.5) is 5.69 Å². The Morgan fingerprint density at radius 3 is 2.15 bits per heavy atom. The zero-order chi connectivity index (χ0) is 28.3. The first-order valence-electron chi connectivity index (χ1n) is 13.0. The Bertz CT molecular complexity index is 1670. The van der Waals surface area contributed by atoms with Crippen molar-refractivity contribution in [3.8, 4) is 22.9 Å². The predicted molar refractivity (Wildman–Crippen MR) is 160 cm³/mol. The lowest BCUT2D eigenvalue weighted by Crippen LogP contribution is -2.30. The Hall–Kier alpha value is -5.15. The van der Waals surface area contributed by atoms with E-state index in [1.165, 1.54) is 0 Å². The molecule has 0 amide bonds. The van der Waals surface area contributed by atoms with Crippen LogP contribution >= 0.6 is 12.2 Å². The summed E-state index contributed by atoms with van der Waals surface area (Å²) in [4.78, 5) is 18.1. The highest BCUT2D eigenvalue weighted by Crippen LogP contribution is 2.42. The summed E-state index contributed by atoms with van der Waals surface area (Å²) >= 11 is 5.89. The summed E-state index contributed by atoms with van der Waals surface area (Å²) in [7, 11) is 1.63. The number of nitrogens with one attached hydrogen (secondary N) is 1. The molecule has 1 fully saturated rings. The van der Waals surface area contributed by atoms with Crippen molar-refractivity contribution in [2.45, 2.75) is 12.1 Å². The van der Waals surface area contributed by atoms with E-state index in [2.05, 4.69) is 25.8 Å². The molecule has 1 aliphatic heterocycles. The molecule has 1 aliphatic rings. The third kappa shape index (κ3) is 5.22. The van der Waals surface area contributed by atoms with Crippen LogP contribution in [0.15, 0.2) is 116 Å². The highest BCUT2D eigenvalue weighted by atomic mass is 32.1. The van der Waals surface area contributed by atoms with Gasteiger partial charge >= 0.3 is 5.97 Å². The summed E-state index contributed by atoms with van der Waals surface area (Å²) in [5.41, 5.74) is 3.79. The van der Waals surface area contributed by atoms with Gasteiger partial charge in [-0.25, -0.2) is 4.79 Å². The molecule has 1 saturated heterocycles. The number of carbonyl (C=O) groups is 1. The number of aromatic nitrogens is 2. The van der Waals surface area contributed by atoms with Crippen molar-refractivity contribution in [1.29, 1.82) is 0 Å². The molecule has 5 aromatic rings. The number of nitrogens with zero attached hydrogens (tertiary/aromatic N) is 3. The van der Waals surface area contributed by atoms with E-state index in [4.69, 9.17) is 21.7 Å². The van der Waals surface area contributed by atoms with E-state index in [0.717, 1.165) is 28.5 Å². The monoisotopic (exact) mass is 562 g/mol. The van der Waals surface area contributed by atoms with Crippen molar-refractivity contribution in [1.82, 2.24) is 14.9 Å². The molecule has 9 heteroatoms. The molecule has 0 aliphatic carbocycles. The summed E-state index contributed by atoms with van der Waals surface area (Å²) < 4.78 is 13.3. The summed E-state index contributed by atoms with van der Waals surface area (Å²) in [6.45, 7) is 0. The summed E-state index contributed by atoms with van der Waals surface area (Å²) in [6.07, 6.45) is 3.74. The number of hydrogen-bond donors (Lipinski definition) is 2. The number of aromatic carboxylic acids is 1. The number of ether oxygens (including phenoxy) is 2. The third-order valence-electron chi connectivity index (χ3n) is 6.98. The minimum absolute atomic E-state index is 0.231. The average Bonchev–Trinajstić information content (AvgIpc) is 3.63. The van der Waals surface area contributed by atoms with Gasteiger partial charge in [0.25, 0.3) is 0 Å². The van der Waals surface area contributed by atoms with Crippen molar-refractivity contribution in [3.05, 3.63) is 132 Å². The minimum atomic E-state index is -0.963. The number of carboxylic acids is 1. The number of anilines is 1. The highest BCUT2D eigenvalue weighted by Gasteiger charge is 2.42. The topological polar surface area (TPSA) is 88.9 Å². The number of thiocarbonyl (C=S) groups is 1. The predicted octanol–water partition coefficient (Wildman–Crippen LogP) is 6.55. The molecular formula is C32H26N4O4S. The van der Waals surface area contributed by atoms with Gasteiger partial charge in [0.2, 0.25) is 0 Å². The van der Waals surface area contributed by atoms with Crippen LogP contribution in [0.1, 0.15) is 33.8 Å².